The first kappa shape index (κ1) is 18.4. The van der Waals surface area contributed by atoms with Crippen LogP contribution in [0.4, 0.5) is 14.7 Å². The fourth-order valence-electron chi connectivity index (χ4n) is 3.64. The van der Waals surface area contributed by atoms with Crippen LogP contribution in [-0.2, 0) is 4.79 Å². The second-order valence-electron chi connectivity index (χ2n) is 7.23. The molecule has 1 aliphatic heterocycles. The van der Waals surface area contributed by atoms with Crippen molar-refractivity contribution >= 4 is 28.4 Å². The third-order valence-corrected chi connectivity index (χ3v) is 5.19. The number of halogens is 2. The van der Waals surface area contributed by atoms with Crippen LogP contribution in [0.3, 0.4) is 0 Å². The van der Waals surface area contributed by atoms with Crippen molar-refractivity contribution in [2.45, 2.75) is 25.3 Å². The maximum atomic E-state index is 14.5. The summed E-state index contributed by atoms with van der Waals surface area (Å²) in [4.78, 5) is 21.4. The van der Waals surface area contributed by atoms with Crippen molar-refractivity contribution in [3.8, 4) is 11.4 Å². The molecular weight excluding hydrogens is 390 g/mol. The molecule has 2 N–H and O–H groups in total. The summed E-state index contributed by atoms with van der Waals surface area (Å²) < 4.78 is 29.3. The Morgan fingerprint density at radius 1 is 1.07 bits per heavy atom. The molecule has 1 amide bonds. The van der Waals surface area contributed by atoms with Gasteiger partial charge in [-0.15, -0.1) is 5.10 Å². The molecule has 0 spiro atoms. The summed E-state index contributed by atoms with van der Waals surface area (Å²) in [5.41, 5.74) is 1.15. The van der Waals surface area contributed by atoms with Crippen LogP contribution in [0.1, 0.15) is 19.3 Å². The van der Waals surface area contributed by atoms with E-state index in [0.717, 1.165) is 12.8 Å². The standard InChI is InChI=1S/C21H18F2N6O/c22-13-9-7-12(8-10-13)18-27-19-14-4-3-5-15(23)17(14)26-21(29(19)28-18)25-16-6-1-2-11-24-20(16)30/h3-5,7-10,16H,1-2,6,11H2,(H,24,30)(H,25,26)/t16-/m1/s1. The highest BCUT2D eigenvalue weighted by atomic mass is 19.1. The Labute approximate surface area is 170 Å². The first-order valence-corrected chi connectivity index (χ1v) is 9.75. The average molecular weight is 408 g/mol. The van der Waals surface area contributed by atoms with E-state index in [-0.39, 0.29) is 23.2 Å². The number of anilines is 1. The van der Waals surface area contributed by atoms with Gasteiger partial charge in [0.05, 0.1) is 0 Å². The number of carbonyl (C=O) groups excluding carboxylic acids is 1. The maximum absolute atomic E-state index is 14.5. The molecule has 7 nitrogen and oxygen atoms in total. The van der Waals surface area contributed by atoms with Crippen LogP contribution in [0.15, 0.2) is 42.5 Å². The summed E-state index contributed by atoms with van der Waals surface area (Å²) in [6.07, 6.45) is 2.40. The predicted molar refractivity (Wildman–Crippen MR) is 108 cm³/mol. The van der Waals surface area contributed by atoms with Crippen molar-refractivity contribution in [1.82, 2.24) is 24.9 Å². The number of nitrogens with zero attached hydrogens (tertiary/aromatic N) is 4. The van der Waals surface area contributed by atoms with Crippen LogP contribution in [0.2, 0.25) is 0 Å². The van der Waals surface area contributed by atoms with E-state index in [9.17, 15) is 13.6 Å². The smallest absolute Gasteiger partial charge is 0.242 e. The topological polar surface area (TPSA) is 84.2 Å². The SMILES string of the molecule is O=C1NCCCC[C@H]1Nc1nc2c(F)cccc2c2nc(-c3ccc(F)cc3)nn12. The number of benzene rings is 2. The quantitative estimate of drug-likeness (QED) is 0.543. The van der Waals surface area contributed by atoms with E-state index in [4.69, 9.17) is 0 Å². The molecule has 3 heterocycles. The minimum atomic E-state index is -0.508. The van der Waals surface area contributed by atoms with E-state index in [1.54, 1.807) is 24.3 Å². The number of rotatable bonds is 3. The number of aromatic nitrogens is 4. The summed E-state index contributed by atoms with van der Waals surface area (Å²) in [7, 11) is 0. The molecule has 2 aromatic heterocycles. The number of nitrogens with one attached hydrogen (secondary N) is 2. The summed E-state index contributed by atoms with van der Waals surface area (Å²) in [6, 6.07) is 9.91. The van der Waals surface area contributed by atoms with Gasteiger partial charge < -0.3 is 10.6 Å². The van der Waals surface area contributed by atoms with Gasteiger partial charge in [0, 0.05) is 17.5 Å². The highest BCUT2D eigenvalue weighted by molar-refractivity contribution is 5.93. The fraction of sp³-hybridized carbons (Fsp3) is 0.238. The number of hydrogen-bond acceptors (Lipinski definition) is 5. The molecule has 1 atom stereocenters. The fourth-order valence-corrected chi connectivity index (χ4v) is 3.64. The van der Waals surface area contributed by atoms with E-state index in [1.807, 2.05) is 0 Å². The number of hydrogen-bond donors (Lipinski definition) is 2. The van der Waals surface area contributed by atoms with Crippen LogP contribution >= 0.6 is 0 Å². The van der Waals surface area contributed by atoms with Gasteiger partial charge in [-0.3, -0.25) is 4.79 Å². The zero-order chi connectivity index (χ0) is 20.7. The Balaban J connectivity index is 1.68. The molecule has 1 fully saturated rings. The lowest BCUT2D eigenvalue weighted by Gasteiger charge is -2.16. The number of carbonyl (C=O) groups is 1. The normalized spacial score (nSPS) is 17.1. The monoisotopic (exact) mass is 408 g/mol. The van der Waals surface area contributed by atoms with Gasteiger partial charge in [0.1, 0.15) is 23.2 Å². The summed E-state index contributed by atoms with van der Waals surface area (Å²) in [5.74, 6) is -0.407. The second-order valence-corrected chi connectivity index (χ2v) is 7.23. The molecule has 0 radical (unpaired) electrons. The molecule has 1 saturated heterocycles. The van der Waals surface area contributed by atoms with Gasteiger partial charge in [0.2, 0.25) is 11.9 Å². The van der Waals surface area contributed by atoms with E-state index in [1.165, 1.54) is 22.7 Å². The van der Waals surface area contributed by atoms with Crippen molar-refractivity contribution in [2.24, 2.45) is 0 Å². The molecular formula is C21H18F2N6O. The van der Waals surface area contributed by atoms with Crippen LogP contribution < -0.4 is 10.6 Å². The van der Waals surface area contributed by atoms with E-state index >= 15 is 0 Å². The Bertz CT molecular complexity index is 1250. The van der Waals surface area contributed by atoms with Crippen molar-refractivity contribution in [1.29, 1.82) is 0 Å². The Kier molecular flexibility index (Phi) is 4.50. The molecule has 152 valence electrons. The first-order valence-electron chi connectivity index (χ1n) is 9.75. The maximum Gasteiger partial charge on any atom is 0.242 e. The van der Waals surface area contributed by atoms with Gasteiger partial charge in [-0.2, -0.15) is 4.52 Å². The highest BCUT2D eigenvalue weighted by Gasteiger charge is 2.24. The summed E-state index contributed by atoms with van der Waals surface area (Å²) >= 11 is 0. The number of fused-ring (bicyclic) bond motifs is 3. The van der Waals surface area contributed by atoms with Gasteiger partial charge >= 0.3 is 0 Å². The van der Waals surface area contributed by atoms with Crippen LogP contribution in [-0.4, -0.2) is 38.1 Å². The van der Waals surface area contributed by atoms with Gasteiger partial charge in [0.25, 0.3) is 0 Å². The highest BCUT2D eigenvalue weighted by Crippen LogP contribution is 2.26. The summed E-state index contributed by atoms with van der Waals surface area (Å²) in [6.45, 7) is 0.629. The van der Waals surface area contributed by atoms with Gasteiger partial charge in [-0.1, -0.05) is 6.07 Å². The van der Waals surface area contributed by atoms with Crippen molar-refractivity contribution in [3.05, 3.63) is 54.1 Å². The molecule has 1 aliphatic rings. The molecule has 30 heavy (non-hydrogen) atoms. The third kappa shape index (κ3) is 3.22. The van der Waals surface area contributed by atoms with Crippen molar-refractivity contribution in [3.63, 3.8) is 0 Å². The molecule has 5 rings (SSSR count). The minimum Gasteiger partial charge on any atom is -0.354 e. The predicted octanol–water partition coefficient (Wildman–Crippen LogP) is 3.30. The lowest BCUT2D eigenvalue weighted by Crippen LogP contribution is -2.38. The van der Waals surface area contributed by atoms with Crippen molar-refractivity contribution < 1.29 is 13.6 Å². The van der Waals surface area contributed by atoms with Gasteiger partial charge in [-0.05, 0) is 55.7 Å². The Hall–Kier alpha value is -3.62. The molecule has 0 aliphatic carbocycles. The molecule has 9 heteroatoms. The molecule has 0 unspecified atom stereocenters. The molecule has 0 saturated carbocycles. The van der Waals surface area contributed by atoms with Gasteiger partial charge in [-0.25, -0.2) is 18.7 Å². The zero-order valence-electron chi connectivity index (χ0n) is 15.9. The summed E-state index contributed by atoms with van der Waals surface area (Å²) in [5, 5.41) is 11.0. The van der Waals surface area contributed by atoms with Crippen molar-refractivity contribution in [2.75, 3.05) is 11.9 Å². The van der Waals surface area contributed by atoms with E-state index in [0.29, 0.717) is 35.4 Å². The minimum absolute atomic E-state index is 0.130. The number of para-hydroxylation sites is 1. The lowest BCUT2D eigenvalue weighted by molar-refractivity contribution is -0.121. The lowest BCUT2D eigenvalue weighted by atomic mass is 10.1. The first-order chi connectivity index (χ1) is 14.6. The van der Waals surface area contributed by atoms with Crippen LogP contribution in [0.25, 0.3) is 27.9 Å². The molecule has 0 bridgehead atoms. The molecule has 4 aromatic rings. The zero-order valence-corrected chi connectivity index (χ0v) is 15.9. The van der Waals surface area contributed by atoms with Gasteiger partial charge in [0.15, 0.2) is 11.5 Å². The van der Waals surface area contributed by atoms with E-state index in [2.05, 4.69) is 25.7 Å². The average Bonchev–Trinajstić information content (AvgIpc) is 3.10. The second kappa shape index (κ2) is 7.33. The number of amides is 1. The Morgan fingerprint density at radius 2 is 1.90 bits per heavy atom. The largest absolute Gasteiger partial charge is 0.354 e. The third-order valence-electron chi connectivity index (χ3n) is 5.19. The molecule has 2 aromatic carbocycles. The van der Waals surface area contributed by atoms with Crippen LogP contribution in [0, 0.1) is 11.6 Å². The van der Waals surface area contributed by atoms with E-state index < -0.39 is 11.9 Å². The van der Waals surface area contributed by atoms with Crippen LogP contribution in [0.5, 0.6) is 0 Å². The Morgan fingerprint density at radius 3 is 2.73 bits per heavy atom.